The van der Waals surface area contributed by atoms with Crippen molar-refractivity contribution in [2.75, 3.05) is 6.54 Å². The lowest BCUT2D eigenvalue weighted by molar-refractivity contribution is 0.549. The summed E-state index contributed by atoms with van der Waals surface area (Å²) in [5.74, 6) is 0. The molecule has 0 aliphatic heterocycles. The molecule has 0 fully saturated rings. The van der Waals surface area contributed by atoms with Crippen molar-refractivity contribution in [1.82, 2.24) is 19.5 Å². The summed E-state index contributed by atoms with van der Waals surface area (Å²) in [6.07, 6.45) is 3.29. The summed E-state index contributed by atoms with van der Waals surface area (Å²) in [6.45, 7) is 0.159. The smallest absolute Gasteiger partial charge is 0.266 e. The van der Waals surface area contributed by atoms with Gasteiger partial charge >= 0.3 is 0 Å². The van der Waals surface area contributed by atoms with Crippen LogP contribution in [0.5, 0.6) is 0 Å². The van der Waals surface area contributed by atoms with E-state index >= 15 is 0 Å². The highest BCUT2D eigenvalue weighted by Gasteiger charge is 2.14. The highest BCUT2D eigenvalue weighted by Crippen LogP contribution is 2.18. The molecule has 0 saturated heterocycles. The molecule has 2 aromatic heterocycles. The molecule has 0 saturated carbocycles. The van der Waals surface area contributed by atoms with E-state index in [9.17, 15) is 13.2 Å². The van der Waals surface area contributed by atoms with Crippen LogP contribution in [-0.4, -0.2) is 29.7 Å². The van der Waals surface area contributed by atoms with Gasteiger partial charge in [0.15, 0.2) is 0 Å². The quantitative estimate of drug-likeness (QED) is 0.531. The Morgan fingerprint density at radius 2 is 1.66 bits per heavy atom. The number of nitrogens with zero attached hydrogens (tertiary/aromatic N) is 3. The van der Waals surface area contributed by atoms with Crippen molar-refractivity contribution >= 4 is 20.8 Å². The normalized spacial score (nSPS) is 11.6. The Labute approximate surface area is 167 Å². The van der Waals surface area contributed by atoms with Crippen LogP contribution in [0.15, 0.2) is 88.8 Å². The van der Waals surface area contributed by atoms with E-state index in [1.807, 2.05) is 24.3 Å². The zero-order valence-electron chi connectivity index (χ0n) is 15.4. The first kappa shape index (κ1) is 19.0. The van der Waals surface area contributed by atoms with Crippen molar-refractivity contribution in [3.8, 4) is 11.3 Å². The first-order valence-corrected chi connectivity index (χ1v) is 10.5. The van der Waals surface area contributed by atoms with Crippen LogP contribution in [-0.2, 0) is 16.6 Å². The summed E-state index contributed by atoms with van der Waals surface area (Å²) in [4.78, 5) is 16.2. The van der Waals surface area contributed by atoms with Gasteiger partial charge < -0.3 is 0 Å². The fraction of sp³-hybridized carbons (Fsp3) is 0.0952. The van der Waals surface area contributed by atoms with Crippen molar-refractivity contribution in [2.24, 2.45) is 0 Å². The lowest BCUT2D eigenvalue weighted by Crippen LogP contribution is -2.32. The largest absolute Gasteiger partial charge is 0.268 e. The molecular formula is C21H18N4O3S. The molecule has 2 heterocycles. The van der Waals surface area contributed by atoms with E-state index < -0.39 is 10.0 Å². The van der Waals surface area contributed by atoms with Crippen molar-refractivity contribution in [3.63, 3.8) is 0 Å². The lowest BCUT2D eigenvalue weighted by Gasteiger charge is -2.10. The molecule has 0 atom stereocenters. The van der Waals surface area contributed by atoms with E-state index in [-0.39, 0.29) is 23.5 Å². The summed E-state index contributed by atoms with van der Waals surface area (Å²) in [5.41, 5.74) is 1.14. The van der Waals surface area contributed by atoms with Gasteiger partial charge in [-0.25, -0.2) is 17.8 Å². The standard InChI is InChI=1S/C21H18N4O3S/c26-21-8-7-20(17-9-11-22-12-10-17)24-25(21)14-13-23-29(27,28)19-6-5-16-3-1-2-4-18(16)15-19/h1-12,15,23H,13-14H2. The third kappa shape index (κ3) is 4.23. The topological polar surface area (TPSA) is 93.9 Å². The van der Waals surface area contributed by atoms with Crippen LogP contribution in [0, 0.1) is 0 Å². The van der Waals surface area contributed by atoms with Crippen LogP contribution in [0.4, 0.5) is 0 Å². The fourth-order valence-corrected chi connectivity index (χ4v) is 4.05. The number of hydrogen-bond acceptors (Lipinski definition) is 5. The second-order valence-corrected chi connectivity index (χ2v) is 8.19. The molecule has 0 radical (unpaired) electrons. The van der Waals surface area contributed by atoms with Gasteiger partial charge in [-0.05, 0) is 41.1 Å². The predicted octanol–water partition coefficient (Wildman–Crippen LogP) is 2.44. The van der Waals surface area contributed by atoms with Crippen LogP contribution >= 0.6 is 0 Å². The Kier molecular flexibility index (Phi) is 5.20. The van der Waals surface area contributed by atoms with Crippen LogP contribution in [0.1, 0.15) is 0 Å². The monoisotopic (exact) mass is 406 g/mol. The van der Waals surface area contributed by atoms with E-state index in [2.05, 4.69) is 14.8 Å². The molecule has 2 aromatic carbocycles. The van der Waals surface area contributed by atoms with Gasteiger partial charge in [-0.3, -0.25) is 9.78 Å². The molecule has 4 rings (SSSR count). The number of fused-ring (bicyclic) bond motifs is 1. The summed E-state index contributed by atoms with van der Waals surface area (Å²) < 4.78 is 29.0. The zero-order chi connectivity index (χ0) is 20.3. The molecule has 0 aliphatic carbocycles. The Morgan fingerprint density at radius 1 is 0.897 bits per heavy atom. The third-order valence-electron chi connectivity index (χ3n) is 4.49. The molecular weight excluding hydrogens is 388 g/mol. The zero-order valence-corrected chi connectivity index (χ0v) is 16.2. The first-order valence-electron chi connectivity index (χ1n) is 9.00. The van der Waals surface area contributed by atoms with Crippen LogP contribution in [0.25, 0.3) is 22.0 Å². The Bertz CT molecular complexity index is 1320. The molecule has 7 nitrogen and oxygen atoms in total. The Hall–Kier alpha value is -3.36. The van der Waals surface area contributed by atoms with E-state index in [4.69, 9.17) is 0 Å². The van der Waals surface area contributed by atoms with Gasteiger partial charge in [-0.2, -0.15) is 5.10 Å². The second-order valence-electron chi connectivity index (χ2n) is 6.42. The number of aromatic nitrogens is 3. The van der Waals surface area contributed by atoms with Crippen LogP contribution in [0.3, 0.4) is 0 Å². The average molecular weight is 406 g/mol. The average Bonchev–Trinajstić information content (AvgIpc) is 2.75. The number of pyridine rings is 1. The van der Waals surface area contributed by atoms with Crippen molar-refractivity contribution < 1.29 is 8.42 Å². The van der Waals surface area contributed by atoms with Gasteiger partial charge in [0.05, 0.1) is 17.1 Å². The molecule has 0 amide bonds. The summed E-state index contributed by atoms with van der Waals surface area (Å²) >= 11 is 0. The van der Waals surface area contributed by atoms with Crippen molar-refractivity contribution in [2.45, 2.75) is 11.4 Å². The van der Waals surface area contributed by atoms with Gasteiger partial charge in [0.1, 0.15) is 0 Å². The highest BCUT2D eigenvalue weighted by molar-refractivity contribution is 7.89. The van der Waals surface area contributed by atoms with Gasteiger partial charge in [-0.15, -0.1) is 0 Å². The predicted molar refractivity (Wildman–Crippen MR) is 111 cm³/mol. The minimum atomic E-state index is -3.70. The van der Waals surface area contributed by atoms with E-state index in [0.29, 0.717) is 5.69 Å². The number of sulfonamides is 1. The van der Waals surface area contributed by atoms with Crippen LogP contribution in [0.2, 0.25) is 0 Å². The maximum atomic E-state index is 12.6. The second kappa shape index (κ2) is 7.94. The van der Waals surface area contributed by atoms with Gasteiger partial charge in [0.2, 0.25) is 10.0 Å². The number of benzene rings is 2. The molecule has 0 bridgehead atoms. The Balaban J connectivity index is 1.50. The maximum absolute atomic E-state index is 12.6. The summed E-state index contributed by atoms with van der Waals surface area (Å²) in [6, 6.07) is 19.2. The molecule has 146 valence electrons. The van der Waals surface area contributed by atoms with Crippen LogP contribution < -0.4 is 10.3 Å². The summed E-state index contributed by atoms with van der Waals surface area (Å²) in [5, 5.41) is 6.13. The first-order chi connectivity index (χ1) is 14.0. The molecule has 1 N–H and O–H groups in total. The van der Waals surface area contributed by atoms with Gasteiger partial charge in [-0.1, -0.05) is 30.3 Å². The number of rotatable bonds is 6. The van der Waals surface area contributed by atoms with Gasteiger partial charge in [0, 0.05) is 30.6 Å². The van der Waals surface area contributed by atoms with E-state index in [0.717, 1.165) is 16.3 Å². The maximum Gasteiger partial charge on any atom is 0.266 e. The van der Waals surface area contributed by atoms with E-state index in [1.54, 1.807) is 48.8 Å². The molecule has 29 heavy (non-hydrogen) atoms. The minimum Gasteiger partial charge on any atom is -0.268 e. The fourth-order valence-electron chi connectivity index (χ4n) is 2.99. The molecule has 0 aliphatic rings. The third-order valence-corrected chi connectivity index (χ3v) is 5.95. The SMILES string of the molecule is O=c1ccc(-c2ccncc2)nn1CCNS(=O)(=O)c1ccc2ccccc2c1. The Morgan fingerprint density at radius 3 is 2.45 bits per heavy atom. The highest BCUT2D eigenvalue weighted by atomic mass is 32.2. The number of hydrogen-bond donors (Lipinski definition) is 1. The van der Waals surface area contributed by atoms with Gasteiger partial charge in [0.25, 0.3) is 5.56 Å². The molecule has 4 aromatic rings. The molecule has 0 spiro atoms. The van der Waals surface area contributed by atoms with E-state index in [1.165, 1.54) is 10.7 Å². The summed E-state index contributed by atoms with van der Waals surface area (Å²) in [7, 11) is -3.70. The number of nitrogens with one attached hydrogen (secondary N) is 1. The van der Waals surface area contributed by atoms with Crippen molar-refractivity contribution in [3.05, 3.63) is 89.5 Å². The lowest BCUT2D eigenvalue weighted by atomic mass is 10.1. The minimum absolute atomic E-state index is 0.0435. The van der Waals surface area contributed by atoms with Crippen molar-refractivity contribution in [1.29, 1.82) is 0 Å². The molecule has 8 heteroatoms. The molecule has 0 unspecified atom stereocenters.